The van der Waals surface area contributed by atoms with Crippen LogP contribution in [0, 0.1) is 0 Å². The third-order valence-electron chi connectivity index (χ3n) is 4.92. The molecule has 4 aromatic rings. The maximum Gasteiger partial charge on any atom is 0.416 e. The summed E-state index contributed by atoms with van der Waals surface area (Å²) in [6.45, 7) is 0. The Labute approximate surface area is 214 Å². The molecular weight excluding hydrogens is 529 g/mol. The lowest BCUT2D eigenvalue weighted by Gasteiger charge is -2.18. The van der Waals surface area contributed by atoms with Crippen LogP contribution in [-0.4, -0.2) is 14.3 Å². The molecule has 1 amide bonds. The van der Waals surface area contributed by atoms with Gasteiger partial charge in [-0.2, -0.15) is 13.2 Å². The van der Waals surface area contributed by atoms with Crippen molar-refractivity contribution in [3.8, 4) is 0 Å². The highest BCUT2D eigenvalue weighted by Crippen LogP contribution is 2.37. The zero-order chi connectivity index (χ0) is 25.8. The van der Waals surface area contributed by atoms with Crippen LogP contribution in [0.1, 0.15) is 16.4 Å². The number of anilines is 2. The fourth-order valence-corrected chi connectivity index (χ4v) is 6.32. The van der Waals surface area contributed by atoms with Crippen LogP contribution in [0.5, 0.6) is 0 Å². The van der Waals surface area contributed by atoms with Crippen molar-refractivity contribution in [1.29, 1.82) is 0 Å². The number of thiophene rings is 1. The van der Waals surface area contributed by atoms with E-state index in [0.29, 0.717) is 16.1 Å². The summed E-state index contributed by atoms with van der Waals surface area (Å²) in [5.74, 6) is -0.493. The number of alkyl halides is 3. The Bertz CT molecular complexity index is 1420. The van der Waals surface area contributed by atoms with Crippen molar-refractivity contribution in [3.05, 3.63) is 108 Å². The van der Waals surface area contributed by atoms with Crippen molar-refractivity contribution in [1.82, 2.24) is 0 Å². The van der Waals surface area contributed by atoms with E-state index in [1.54, 1.807) is 66.0 Å². The SMILES string of the molecule is O=C(Nc1cccc(C(F)(F)F)c1)C(Sc1ccc(NS(=O)(=O)c2cccs2)cc1)c1ccccc1. The van der Waals surface area contributed by atoms with Gasteiger partial charge in [-0.1, -0.05) is 42.5 Å². The summed E-state index contributed by atoms with van der Waals surface area (Å²) < 4.78 is 66.8. The minimum absolute atomic E-state index is 0.0367. The maximum atomic E-state index is 13.2. The van der Waals surface area contributed by atoms with Crippen molar-refractivity contribution in [2.24, 2.45) is 0 Å². The van der Waals surface area contributed by atoms with Crippen molar-refractivity contribution in [2.45, 2.75) is 20.5 Å². The van der Waals surface area contributed by atoms with Gasteiger partial charge in [-0.05, 0) is 59.5 Å². The van der Waals surface area contributed by atoms with Gasteiger partial charge in [0.25, 0.3) is 10.0 Å². The second-order valence-electron chi connectivity index (χ2n) is 7.54. The molecule has 0 bridgehead atoms. The van der Waals surface area contributed by atoms with E-state index in [9.17, 15) is 26.4 Å². The first-order valence-electron chi connectivity index (χ1n) is 10.5. The molecule has 0 aliphatic carbocycles. The first-order valence-corrected chi connectivity index (χ1v) is 13.7. The number of sulfonamides is 1. The van der Waals surface area contributed by atoms with Crippen LogP contribution in [0.4, 0.5) is 24.5 Å². The Morgan fingerprint density at radius 1 is 0.861 bits per heavy atom. The molecule has 4 rings (SSSR count). The number of carbonyl (C=O) groups is 1. The lowest BCUT2D eigenvalue weighted by molar-refractivity contribution is -0.137. The normalized spacial score (nSPS) is 12.6. The molecule has 0 aliphatic heterocycles. The Morgan fingerprint density at radius 3 is 2.22 bits per heavy atom. The molecule has 1 aromatic heterocycles. The highest BCUT2D eigenvalue weighted by molar-refractivity contribution is 8.00. The standard InChI is InChI=1S/C25H19F3N2O3S3/c26-25(27,28)18-8-4-9-20(16-18)29-24(31)23(17-6-2-1-3-7-17)35-21-13-11-19(12-14-21)30-36(32,33)22-10-5-15-34-22/h1-16,23,30H,(H,29,31). The predicted molar refractivity (Wildman–Crippen MR) is 137 cm³/mol. The van der Waals surface area contributed by atoms with E-state index in [-0.39, 0.29) is 9.90 Å². The fraction of sp³-hybridized carbons (Fsp3) is 0.0800. The highest BCUT2D eigenvalue weighted by atomic mass is 32.2. The number of halogens is 3. The van der Waals surface area contributed by atoms with Gasteiger partial charge in [-0.15, -0.1) is 23.1 Å². The number of hydrogen-bond acceptors (Lipinski definition) is 5. The first kappa shape index (κ1) is 25.8. The summed E-state index contributed by atoms with van der Waals surface area (Å²) in [5.41, 5.74) is 0.200. The average molecular weight is 549 g/mol. The quantitative estimate of drug-likeness (QED) is 0.232. The van der Waals surface area contributed by atoms with Gasteiger partial charge in [0.05, 0.1) is 5.56 Å². The average Bonchev–Trinajstić information content (AvgIpc) is 3.40. The van der Waals surface area contributed by atoms with E-state index in [4.69, 9.17) is 0 Å². The molecular formula is C25H19F3N2O3S3. The molecule has 0 saturated heterocycles. The number of thioether (sulfide) groups is 1. The fourth-order valence-electron chi connectivity index (χ4n) is 3.24. The van der Waals surface area contributed by atoms with Gasteiger partial charge >= 0.3 is 6.18 Å². The minimum Gasteiger partial charge on any atom is -0.325 e. The van der Waals surface area contributed by atoms with E-state index in [2.05, 4.69) is 10.0 Å². The Balaban J connectivity index is 1.53. The predicted octanol–water partition coefficient (Wildman–Crippen LogP) is 7.04. The molecule has 0 aliphatic rings. The smallest absolute Gasteiger partial charge is 0.325 e. The van der Waals surface area contributed by atoms with E-state index in [1.807, 2.05) is 0 Å². The molecule has 36 heavy (non-hydrogen) atoms. The van der Waals surface area contributed by atoms with Gasteiger partial charge in [0.1, 0.15) is 9.46 Å². The summed E-state index contributed by atoms with van der Waals surface area (Å²) in [6, 6.07) is 23.0. The maximum absolute atomic E-state index is 13.2. The Hall–Kier alpha value is -3.28. The molecule has 0 fully saturated rings. The van der Waals surface area contributed by atoms with Gasteiger partial charge in [-0.3, -0.25) is 9.52 Å². The van der Waals surface area contributed by atoms with Crippen LogP contribution in [-0.2, 0) is 21.0 Å². The van der Waals surface area contributed by atoms with Crippen LogP contribution < -0.4 is 10.0 Å². The number of hydrogen-bond donors (Lipinski definition) is 2. The molecule has 0 saturated carbocycles. The van der Waals surface area contributed by atoms with Crippen LogP contribution in [0.25, 0.3) is 0 Å². The van der Waals surface area contributed by atoms with E-state index < -0.39 is 32.9 Å². The van der Waals surface area contributed by atoms with Gasteiger partial charge in [0.15, 0.2) is 0 Å². The zero-order valence-electron chi connectivity index (χ0n) is 18.4. The number of carbonyl (C=O) groups excluding carboxylic acids is 1. The van der Waals surface area contributed by atoms with Crippen LogP contribution >= 0.6 is 23.1 Å². The van der Waals surface area contributed by atoms with Crippen LogP contribution in [0.15, 0.2) is 105 Å². The molecule has 1 heterocycles. The lowest BCUT2D eigenvalue weighted by atomic mass is 10.1. The van der Waals surface area contributed by atoms with Crippen LogP contribution in [0.3, 0.4) is 0 Å². The van der Waals surface area contributed by atoms with Crippen LogP contribution in [0.2, 0.25) is 0 Å². The molecule has 0 radical (unpaired) electrons. The van der Waals surface area contributed by atoms with Gasteiger partial charge in [0.2, 0.25) is 5.91 Å². The summed E-state index contributed by atoms with van der Waals surface area (Å²) in [6.07, 6.45) is -4.53. The Kier molecular flexibility index (Phi) is 7.72. The molecule has 0 spiro atoms. The Morgan fingerprint density at radius 2 is 1.58 bits per heavy atom. The summed E-state index contributed by atoms with van der Waals surface area (Å²) >= 11 is 2.30. The zero-order valence-corrected chi connectivity index (χ0v) is 20.8. The van der Waals surface area contributed by atoms with Gasteiger partial charge < -0.3 is 5.32 Å². The number of rotatable bonds is 8. The summed E-state index contributed by atoms with van der Waals surface area (Å²) in [5, 5.41) is 3.48. The monoisotopic (exact) mass is 548 g/mol. The molecule has 186 valence electrons. The molecule has 1 unspecified atom stereocenters. The van der Waals surface area contributed by atoms with Crippen molar-refractivity contribution in [2.75, 3.05) is 10.0 Å². The lowest BCUT2D eigenvalue weighted by Crippen LogP contribution is -2.19. The molecule has 2 N–H and O–H groups in total. The second kappa shape index (κ2) is 10.8. The van der Waals surface area contributed by atoms with E-state index in [0.717, 1.165) is 23.5 Å². The largest absolute Gasteiger partial charge is 0.416 e. The van der Waals surface area contributed by atoms with Gasteiger partial charge in [0, 0.05) is 16.3 Å². The number of amides is 1. The topological polar surface area (TPSA) is 75.3 Å². The van der Waals surface area contributed by atoms with E-state index >= 15 is 0 Å². The number of benzene rings is 3. The minimum atomic E-state index is -4.53. The van der Waals surface area contributed by atoms with Crippen molar-refractivity contribution in [3.63, 3.8) is 0 Å². The summed E-state index contributed by atoms with van der Waals surface area (Å²) in [7, 11) is -3.69. The molecule has 3 aromatic carbocycles. The third-order valence-corrected chi connectivity index (χ3v) is 8.96. The second-order valence-corrected chi connectivity index (χ2v) is 11.6. The van der Waals surface area contributed by atoms with Gasteiger partial charge in [-0.25, -0.2) is 8.42 Å². The highest BCUT2D eigenvalue weighted by Gasteiger charge is 2.31. The number of nitrogens with one attached hydrogen (secondary N) is 2. The molecule has 1 atom stereocenters. The molecule has 11 heteroatoms. The third kappa shape index (κ3) is 6.48. The molecule has 5 nitrogen and oxygen atoms in total. The van der Waals surface area contributed by atoms with E-state index in [1.165, 1.54) is 30.0 Å². The first-order chi connectivity index (χ1) is 17.1. The van der Waals surface area contributed by atoms with Crippen molar-refractivity contribution >= 4 is 50.4 Å². The summed E-state index contributed by atoms with van der Waals surface area (Å²) in [4.78, 5) is 13.8. The van der Waals surface area contributed by atoms with Crippen molar-refractivity contribution < 1.29 is 26.4 Å².